The summed E-state index contributed by atoms with van der Waals surface area (Å²) < 4.78 is 2.95. The van der Waals surface area contributed by atoms with E-state index < -0.39 is 0 Å². The fourth-order valence-electron chi connectivity index (χ4n) is 1.69. The lowest BCUT2D eigenvalue weighted by molar-refractivity contribution is 0.504. The topological polar surface area (TPSA) is 77.6 Å². The van der Waals surface area contributed by atoms with E-state index in [0.29, 0.717) is 17.6 Å². The van der Waals surface area contributed by atoms with Gasteiger partial charge in [0, 0.05) is 13.6 Å². The number of fused-ring (bicyclic) bond motifs is 1. The fourth-order valence-corrected chi connectivity index (χ4v) is 1.69. The Hall–Kier alpha value is -1.76. The van der Waals surface area contributed by atoms with Gasteiger partial charge in [-0.1, -0.05) is 5.21 Å². The summed E-state index contributed by atoms with van der Waals surface area (Å²) in [6, 6.07) is 0. The summed E-state index contributed by atoms with van der Waals surface area (Å²) in [7, 11) is 3.65. The minimum atomic E-state index is -0.118. The van der Waals surface area contributed by atoms with Crippen LogP contribution in [0.2, 0.25) is 0 Å². The Kier molecular flexibility index (Phi) is 3.48. The molecular weight excluding hydrogens is 220 g/mol. The highest BCUT2D eigenvalue weighted by atomic mass is 16.1. The van der Waals surface area contributed by atoms with Crippen LogP contribution in [-0.4, -0.2) is 38.4 Å². The zero-order valence-corrected chi connectivity index (χ0v) is 10.1. The summed E-state index contributed by atoms with van der Waals surface area (Å²) in [6.07, 6.45) is 3.45. The molecule has 92 valence electrons. The van der Waals surface area contributed by atoms with Crippen molar-refractivity contribution in [2.75, 3.05) is 13.6 Å². The molecule has 2 rings (SSSR count). The Balaban J connectivity index is 2.18. The van der Waals surface area contributed by atoms with Gasteiger partial charge in [0.05, 0.1) is 6.20 Å². The molecule has 0 aliphatic rings. The highest BCUT2D eigenvalue weighted by molar-refractivity contribution is 5.72. The van der Waals surface area contributed by atoms with Crippen molar-refractivity contribution in [3.8, 4) is 0 Å². The molecule has 2 aromatic heterocycles. The van der Waals surface area contributed by atoms with Gasteiger partial charge in [0.15, 0.2) is 5.65 Å². The Labute approximate surface area is 98.4 Å². The predicted molar refractivity (Wildman–Crippen MR) is 63.7 cm³/mol. The van der Waals surface area contributed by atoms with Gasteiger partial charge in [-0.15, -0.1) is 5.10 Å². The first-order valence-corrected chi connectivity index (χ1v) is 5.64. The molecule has 0 fully saturated rings. The molecule has 1 N–H and O–H groups in total. The van der Waals surface area contributed by atoms with Crippen LogP contribution in [0.5, 0.6) is 0 Å². The highest BCUT2D eigenvalue weighted by Gasteiger charge is 2.08. The van der Waals surface area contributed by atoms with E-state index >= 15 is 0 Å². The van der Waals surface area contributed by atoms with E-state index in [1.165, 1.54) is 10.9 Å². The monoisotopic (exact) mass is 236 g/mol. The summed E-state index contributed by atoms with van der Waals surface area (Å²) in [5.41, 5.74) is 0.411. The van der Waals surface area contributed by atoms with Crippen LogP contribution in [0.4, 0.5) is 0 Å². The lowest BCUT2D eigenvalue weighted by Crippen LogP contribution is -2.24. The van der Waals surface area contributed by atoms with Gasteiger partial charge in [0.25, 0.3) is 5.56 Å². The van der Waals surface area contributed by atoms with Gasteiger partial charge in [0.2, 0.25) is 0 Å². The maximum atomic E-state index is 12.0. The molecule has 0 bridgehead atoms. The minimum absolute atomic E-state index is 0.118. The van der Waals surface area contributed by atoms with Crippen molar-refractivity contribution in [1.29, 1.82) is 0 Å². The standard InChI is InChI=1S/C10H16N6O/c1-11-5-3-4-6-16-10(17)8-7-12-15(2)9(8)13-14-16/h7,11H,3-6H2,1-2H3. The van der Waals surface area contributed by atoms with E-state index in [4.69, 9.17) is 0 Å². The van der Waals surface area contributed by atoms with Gasteiger partial charge in [0.1, 0.15) is 5.39 Å². The summed E-state index contributed by atoms with van der Waals surface area (Å²) in [5, 5.41) is 15.5. The lowest BCUT2D eigenvalue weighted by atomic mass is 10.3. The normalized spacial score (nSPS) is 11.2. The van der Waals surface area contributed by atoms with Crippen molar-refractivity contribution in [2.24, 2.45) is 7.05 Å². The maximum Gasteiger partial charge on any atom is 0.280 e. The van der Waals surface area contributed by atoms with E-state index in [0.717, 1.165) is 19.4 Å². The number of rotatable bonds is 5. The second-order valence-electron chi connectivity index (χ2n) is 3.93. The number of hydrogen-bond donors (Lipinski definition) is 1. The van der Waals surface area contributed by atoms with Crippen LogP contribution in [0.15, 0.2) is 11.0 Å². The fraction of sp³-hybridized carbons (Fsp3) is 0.600. The Morgan fingerprint density at radius 3 is 3.00 bits per heavy atom. The molecule has 0 aliphatic heterocycles. The number of hydrogen-bond acceptors (Lipinski definition) is 5. The van der Waals surface area contributed by atoms with E-state index in [9.17, 15) is 4.79 Å². The van der Waals surface area contributed by atoms with Crippen LogP contribution in [0.25, 0.3) is 11.0 Å². The first-order valence-electron chi connectivity index (χ1n) is 5.64. The summed E-state index contributed by atoms with van der Waals surface area (Å²) in [4.78, 5) is 12.0. The molecule has 17 heavy (non-hydrogen) atoms. The number of aryl methyl sites for hydroxylation is 2. The molecule has 0 saturated carbocycles. The molecule has 0 spiro atoms. The lowest BCUT2D eigenvalue weighted by Gasteiger charge is -2.03. The van der Waals surface area contributed by atoms with E-state index in [2.05, 4.69) is 20.7 Å². The van der Waals surface area contributed by atoms with Crippen molar-refractivity contribution in [2.45, 2.75) is 19.4 Å². The van der Waals surface area contributed by atoms with Gasteiger partial charge in [-0.3, -0.25) is 4.79 Å². The quantitative estimate of drug-likeness (QED) is 0.710. The number of aromatic nitrogens is 5. The molecule has 2 aromatic rings. The second kappa shape index (κ2) is 5.05. The molecule has 0 unspecified atom stereocenters. The molecule has 0 atom stereocenters. The first-order chi connectivity index (χ1) is 8.24. The average Bonchev–Trinajstić information content (AvgIpc) is 2.70. The smallest absolute Gasteiger partial charge is 0.280 e. The molecule has 2 heterocycles. The molecule has 0 saturated heterocycles. The van der Waals surface area contributed by atoms with Gasteiger partial charge in [-0.05, 0) is 26.4 Å². The van der Waals surface area contributed by atoms with E-state index in [1.807, 2.05) is 7.05 Å². The summed E-state index contributed by atoms with van der Waals surface area (Å²) in [6.45, 7) is 1.54. The molecule has 0 aliphatic carbocycles. The van der Waals surface area contributed by atoms with Crippen LogP contribution in [0, 0.1) is 0 Å². The Bertz CT molecular complexity index is 557. The van der Waals surface area contributed by atoms with Crippen molar-refractivity contribution >= 4 is 11.0 Å². The summed E-state index contributed by atoms with van der Waals surface area (Å²) in [5.74, 6) is 0. The predicted octanol–water partition coefficient (Wildman–Crippen LogP) is -0.475. The minimum Gasteiger partial charge on any atom is -0.320 e. The van der Waals surface area contributed by atoms with Crippen LogP contribution in [0.1, 0.15) is 12.8 Å². The molecule has 7 heteroatoms. The maximum absolute atomic E-state index is 12.0. The van der Waals surface area contributed by atoms with E-state index in [-0.39, 0.29) is 5.56 Å². The molecule has 0 amide bonds. The number of nitrogens with one attached hydrogen (secondary N) is 1. The van der Waals surface area contributed by atoms with Crippen molar-refractivity contribution in [3.63, 3.8) is 0 Å². The van der Waals surface area contributed by atoms with Crippen molar-refractivity contribution < 1.29 is 0 Å². The van der Waals surface area contributed by atoms with Crippen LogP contribution >= 0.6 is 0 Å². The Morgan fingerprint density at radius 2 is 2.24 bits per heavy atom. The number of unbranched alkanes of at least 4 members (excludes halogenated alkanes) is 1. The van der Waals surface area contributed by atoms with Crippen LogP contribution < -0.4 is 10.9 Å². The first kappa shape index (κ1) is 11.7. The van der Waals surface area contributed by atoms with Crippen LogP contribution in [0.3, 0.4) is 0 Å². The van der Waals surface area contributed by atoms with Gasteiger partial charge < -0.3 is 5.32 Å². The Morgan fingerprint density at radius 1 is 1.41 bits per heavy atom. The van der Waals surface area contributed by atoms with Gasteiger partial charge in [-0.25, -0.2) is 9.36 Å². The van der Waals surface area contributed by atoms with Gasteiger partial charge >= 0.3 is 0 Å². The van der Waals surface area contributed by atoms with Crippen LogP contribution in [-0.2, 0) is 13.6 Å². The summed E-state index contributed by atoms with van der Waals surface area (Å²) >= 11 is 0. The molecular formula is C10H16N6O. The third kappa shape index (κ3) is 2.33. The van der Waals surface area contributed by atoms with Crippen molar-refractivity contribution in [3.05, 3.63) is 16.6 Å². The zero-order chi connectivity index (χ0) is 12.3. The SMILES string of the molecule is CNCCCCn1nnc2c(cnn2C)c1=O. The third-order valence-corrected chi connectivity index (χ3v) is 2.67. The third-order valence-electron chi connectivity index (χ3n) is 2.67. The second-order valence-corrected chi connectivity index (χ2v) is 3.93. The molecule has 0 radical (unpaired) electrons. The van der Waals surface area contributed by atoms with E-state index in [1.54, 1.807) is 11.7 Å². The molecule has 7 nitrogen and oxygen atoms in total. The largest absolute Gasteiger partial charge is 0.320 e. The zero-order valence-electron chi connectivity index (χ0n) is 10.1. The van der Waals surface area contributed by atoms with Crippen molar-refractivity contribution in [1.82, 2.24) is 30.1 Å². The van der Waals surface area contributed by atoms with Gasteiger partial charge in [-0.2, -0.15) is 5.10 Å². The number of nitrogens with zero attached hydrogens (tertiary/aromatic N) is 5. The highest BCUT2D eigenvalue weighted by Crippen LogP contribution is 2.02. The average molecular weight is 236 g/mol. The molecule has 0 aromatic carbocycles.